The minimum absolute atomic E-state index is 0.499. The molecule has 2 N–H and O–H groups in total. The third kappa shape index (κ3) is 3.33. The van der Waals surface area contributed by atoms with Crippen LogP contribution in [0.15, 0.2) is 58.4 Å². The normalized spacial score (nSPS) is 11.4. The van der Waals surface area contributed by atoms with Crippen molar-refractivity contribution in [3.05, 3.63) is 48.5 Å². The van der Waals surface area contributed by atoms with Gasteiger partial charge < -0.3 is 10.6 Å². The van der Waals surface area contributed by atoms with Crippen LogP contribution >= 0.6 is 11.8 Å². The zero-order valence-electron chi connectivity index (χ0n) is 12.0. The molecule has 0 atom stereocenters. The fourth-order valence-electron chi connectivity index (χ4n) is 1.81. The molecule has 0 fully saturated rings. The molecule has 0 aliphatic carbocycles. The summed E-state index contributed by atoms with van der Waals surface area (Å²) in [4.78, 5) is 7.54. The average molecular weight is 285 g/mol. The first-order valence-corrected chi connectivity index (χ1v) is 7.59. The molecule has 0 heterocycles. The maximum atomic E-state index is 5.94. The fraction of sp³-hybridized carbons (Fsp3) is 0.188. The third-order valence-electron chi connectivity index (χ3n) is 2.98. The Labute approximate surface area is 124 Å². The van der Waals surface area contributed by atoms with Crippen molar-refractivity contribution in [1.82, 2.24) is 4.90 Å². The van der Waals surface area contributed by atoms with Gasteiger partial charge in [-0.2, -0.15) is 0 Å². The highest BCUT2D eigenvalue weighted by molar-refractivity contribution is 7.98. The van der Waals surface area contributed by atoms with Crippen LogP contribution in [0.3, 0.4) is 0 Å². The Bertz CT molecular complexity index is 606. The molecule has 2 rings (SSSR count). The van der Waals surface area contributed by atoms with Crippen molar-refractivity contribution >= 4 is 23.4 Å². The van der Waals surface area contributed by atoms with Crippen molar-refractivity contribution in [2.75, 3.05) is 20.4 Å². The minimum Gasteiger partial charge on any atom is -0.370 e. The Morgan fingerprint density at radius 3 is 2.40 bits per heavy atom. The van der Waals surface area contributed by atoms with Crippen LogP contribution in [-0.4, -0.2) is 31.2 Å². The van der Waals surface area contributed by atoms with Gasteiger partial charge in [0.25, 0.3) is 0 Å². The summed E-state index contributed by atoms with van der Waals surface area (Å²) in [5.41, 5.74) is 9.07. The first-order chi connectivity index (χ1) is 9.61. The monoisotopic (exact) mass is 285 g/mol. The lowest BCUT2D eigenvalue weighted by atomic mass is 10.0. The van der Waals surface area contributed by atoms with Crippen LogP contribution in [0.1, 0.15) is 0 Å². The molecule has 0 aliphatic heterocycles. The highest BCUT2D eigenvalue weighted by atomic mass is 32.2. The third-order valence-corrected chi connectivity index (χ3v) is 3.71. The SMILES string of the molecule is CSc1ccc(N=C(N)N(C)C)c(-c2ccccc2)c1. The van der Waals surface area contributed by atoms with Crippen molar-refractivity contribution in [2.45, 2.75) is 4.90 Å². The number of aliphatic imine (C=N–C) groups is 1. The van der Waals surface area contributed by atoms with Crippen LogP contribution < -0.4 is 5.73 Å². The molecule has 0 spiro atoms. The number of nitrogens with two attached hydrogens (primary N) is 1. The van der Waals surface area contributed by atoms with Gasteiger partial charge in [-0.3, -0.25) is 0 Å². The van der Waals surface area contributed by atoms with Gasteiger partial charge in [0.2, 0.25) is 0 Å². The molecule has 0 aliphatic rings. The molecule has 0 aromatic heterocycles. The van der Waals surface area contributed by atoms with E-state index in [1.165, 1.54) is 4.90 Å². The predicted octanol–water partition coefficient (Wildman–Crippen LogP) is 3.58. The van der Waals surface area contributed by atoms with Crippen LogP contribution in [0.4, 0.5) is 5.69 Å². The first kappa shape index (κ1) is 14.5. The summed E-state index contributed by atoms with van der Waals surface area (Å²) < 4.78 is 0. The average Bonchev–Trinajstić information content (AvgIpc) is 2.48. The lowest BCUT2D eigenvalue weighted by Crippen LogP contribution is -2.29. The van der Waals surface area contributed by atoms with E-state index >= 15 is 0 Å². The number of hydrogen-bond donors (Lipinski definition) is 1. The molecule has 0 saturated heterocycles. The zero-order valence-corrected chi connectivity index (χ0v) is 12.8. The number of nitrogens with zero attached hydrogens (tertiary/aromatic N) is 2. The molecule has 0 unspecified atom stereocenters. The van der Waals surface area contributed by atoms with Crippen molar-refractivity contribution in [3.8, 4) is 11.1 Å². The molecular formula is C16H19N3S. The molecule has 2 aromatic rings. The number of thioether (sulfide) groups is 1. The Morgan fingerprint density at radius 2 is 1.80 bits per heavy atom. The Morgan fingerprint density at radius 1 is 1.10 bits per heavy atom. The van der Waals surface area contributed by atoms with Crippen molar-refractivity contribution in [2.24, 2.45) is 10.7 Å². The fourth-order valence-corrected chi connectivity index (χ4v) is 2.25. The standard InChI is InChI=1S/C16H19N3S/c1-19(2)16(17)18-15-10-9-13(20-3)11-14(15)12-7-5-4-6-8-12/h4-11H,1-3H3,(H2,17,18). The Balaban J connectivity index is 2.55. The Kier molecular flexibility index (Phi) is 4.69. The van der Waals surface area contributed by atoms with Gasteiger partial charge in [0, 0.05) is 24.6 Å². The van der Waals surface area contributed by atoms with Crippen LogP contribution in [0.5, 0.6) is 0 Å². The van der Waals surface area contributed by atoms with E-state index < -0.39 is 0 Å². The molecule has 0 amide bonds. The van der Waals surface area contributed by atoms with Gasteiger partial charge in [-0.05, 0) is 30.0 Å². The summed E-state index contributed by atoms with van der Waals surface area (Å²) in [6.45, 7) is 0. The second-order valence-corrected chi connectivity index (χ2v) is 5.49. The van der Waals surface area contributed by atoms with E-state index in [-0.39, 0.29) is 0 Å². The smallest absolute Gasteiger partial charge is 0.195 e. The number of guanidine groups is 1. The Hall–Kier alpha value is -1.94. The molecule has 0 radical (unpaired) electrons. The molecule has 20 heavy (non-hydrogen) atoms. The maximum Gasteiger partial charge on any atom is 0.195 e. The van der Waals surface area contributed by atoms with Gasteiger partial charge in [0.15, 0.2) is 5.96 Å². The molecule has 2 aromatic carbocycles. The second-order valence-electron chi connectivity index (χ2n) is 4.61. The maximum absolute atomic E-state index is 5.94. The lowest BCUT2D eigenvalue weighted by molar-refractivity contribution is 0.615. The lowest BCUT2D eigenvalue weighted by Gasteiger charge is -2.13. The summed E-state index contributed by atoms with van der Waals surface area (Å²) >= 11 is 1.72. The summed E-state index contributed by atoms with van der Waals surface area (Å²) in [6.07, 6.45) is 2.07. The number of hydrogen-bond acceptors (Lipinski definition) is 2. The van der Waals surface area contributed by atoms with Gasteiger partial charge in [0.05, 0.1) is 5.69 Å². The number of rotatable bonds is 3. The highest BCUT2D eigenvalue weighted by Crippen LogP contribution is 2.33. The van der Waals surface area contributed by atoms with Crippen molar-refractivity contribution in [1.29, 1.82) is 0 Å². The van der Waals surface area contributed by atoms with Gasteiger partial charge in [-0.15, -0.1) is 11.8 Å². The van der Waals surface area contributed by atoms with E-state index in [1.807, 2.05) is 38.4 Å². The second kappa shape index (κ2) is 6.48. The van der Waals surface area contributed by atoms with Crippen LogP contribution in [0.25, 0.3) is 11.1 Å². The predicted molar refractivity (Wildman–Crippen MR) is 88.6 cm³/mol. The first-order valence-electron chi connectivity index (χ1n) is 6.37. The van der Waals surface area contributed by atoms with Gasteiger partial charge in [0.1, 0.15) is 0 Å². The van der Waals surface area contributed by atoms with E-state index in [1.54, 1.807) is 16.7 Å². The molecule has 0 saturated carbocycles. The topological polar surface area (TPSA) is 41.6 Å². The van der Waals surface area contributed by atoms with E-state index in [9.17, 15) is 0 Å². The molecule has 4 heteroatoms. The van der Waals surface area contributed by atoms with Gasteiger partial charge >= 0.3 is 0 Å². The molecule has 104 valence electrons. The summed E-state index contributed by atoms with van der Waals surface area (Å²) in [5.74, 6) is 0.499. The molecule has 3 nitrogen and oxygen atoms in total. The molecular weight excluding hydrogens is 266 g/mol. The van der Waals surface area contributed by atoms with E-state index in [0.29, 0.717) is 5.96 Å². The van der Waals surface area contributed by atoms with Crippen molar-refractivity contribution < 1.29 is 0 Å². The van der Waals surface area contributed by atoms with Gasteiger partial charge in [-0.1, -0.05) is 30.3 Å². The quantitative estimate of drug-likeness (QED) is 0.532. The molecule has 0 bridgehead atoms. The van der Waals surface area contributed by atoms with Crippen LogP contribution in [0.2, 0.25) is 0 Å². The summed E-state index contributed by atoms with van der Waals surface area (Å²) in [5, 5.41) is 0. The van der Waals surface area contributed by atoms with E-state index in [2.05, 4.69) is 35.5 Å². The van der Waals surface area contributed by atoms with Crippen molar-refractivity contribution in [3.63, 3.8) is 0 Å². The summed E-state index contributed by atoms with van der Waals surface area (Å²) in [6, 6.07) is 16.5. The van der Waals surface area contributed by atoms with E-state index in [4.69, 9.17) is 5.73 Å². The zero-order chi connectivity index (χ0) is 14.5. The van der Waals surface area contributed by atoms with Gasteiger partial charge in [-0.25, -0.2) is 4.99 Å². The van der Waals surface area contributed by atoms with E-state index in [0.717, 1.165) is 16.8 Å². The minimum atomic E-state index is 0.499. The number of benzene rings is 2. The largest absolute Gasteiger partial charge is 0.370 e. The van der Waals surface area contributed by atoms with Crippen LogP contribution in [-0.2, 0) is 0 Å². The van der Waals surface area contributed by atoms with Crippen LogP contribution in [0, 0.1) is 0 Å². The summed E-state index contributed by atoms with van der Waals surface area (Å²) in [7, 11) is 3.77. The highest BCUT2D eigenvalue weighted by Gasteiger charge is 2.07.